The molecule has 0 fully saturated rings. The number of amides is 1. The Morgan fingerprint density at radius 2 is 1.74 bits per heavy atom. The zero-order valence-electron chi connectivity index (χ0n) is 12.5. The van der Waals surface area contributed by atoms with Crippen LogP contribution in [0.5, 0.6) is 0 Å². The molecule has 0 saturated carbocycles. The molecule has 0 heterocycles. The van der Waals surface area contributed by atoms with Gasteiger partial charge in [-0.25, -0.2) is 8.42 Å². The third-order valence-electron chi connectivity index (χ3n) is 3.12. The average Bonchev–Trinajstić information content (AvgIpc) is 2.54. The van der Waals surface area contributed by atoms with Crippen molar-refractivity contribution in [2.75, 3.05) is 19.5 Å². The van der Waals surface area contributed by atoms with E-state index in [1.807, 2.05) is 6.07 Å². The number of rotatable bonds is 5. The van der Waals surface area contributed by atoms with Gasteiger partial charge in [0.2, 0.25) is 0 Å². The summed E-state index contributed by atoms with van der Waals surface area (Å²) in [5.74, 6) is -0.290. The number of sulfonamides is 1. The van der Waals surface area contributed by atoms with Crippen molar-refractivity contribution in [3.8, 4) is 0 Å². The van der Waals surface area contributed by atoms with Crippen LogP contribution >= 0.6 is 15.9 Å². The molecule has 0 aromatic heterocycles. The number of nitrogens with one attached hydrogen (secondary N) is 1. The molecule has 1 amide bonds. The summed E-state index contributed by atoms with van der Waals surface area (Å²) in [5, 5.41) is 2.71. The number of hydrogen-bond donors (Lipinski definition) is 1. The average molecular weight is 399 g/mol. The van der Waals surface area contributed by atoms with E-state index < -0.39 is 10.0 Å². The van der Waals surface area contributed by atoms with E-state index in [-0.39, 0.29) is 10.8 Å². The second-order valence-electron chi connectivity index (χ2n) is 4.56. The van der Waals surface area contributed by atoms with E-state index in [2.05, 4.69) is 21.2 Å². The topological polar surface area (TPSA) is 75.7 Å². The summed E-state index contributed by atoms with van der Waals surface area (Å²) < 4.78 is 25.6. The number of hydroxylamine groups is 1. The first-order valence-electron chi connectivity index (χ1n) is 6.55. The van der Waals surface area contributed by atoms with Crippen molar-refractivity contribution in [1.82, 2.24) is 4.47 Å². The van der Waals surface area contributed by atoms with Crippen molar-refractivity contribution < 1.29 is 18.0 Å². The number of carbonyl (C=O) groups excluding carboxylic acids is 1. The molecule has 8 heteroatoms. The Bertz CT molecular complexity index is 806. The van der Waals surface area contributed by atoms with E-state index in [1.54, 1.807) is 18.2 Å². The SMILES string of the molecule is CON(C)S(=O)(=O)c1ccc(NC(=O)c2ccccc2Br)cc1. The van der Waals surface area contributed by atoms with Crippen LogP contribution in [0, 0.1) is 0 Å². The molecule has 2 rings (SSSR count). The number of halogens is 1. The number of nitrogens with zero attached hydrogens (tertiary/aromatic N) is 1. The van der Waals surface area contributed by atoms with Gasteiger partial charge in [0, 0.05) is 17.2 Å². The predicted octanol–water partition coefficient (Wildman–Crippen LogP) is 2.88. The molecule has 23 heavy (non-hydrogen) atoms. The highest BCUT2D eigenvalue weighted by molar-refractivity contribution is 9.10. The summed E-state index contributed by atoms with van der Waals surface area (Å²) in [6, 6.07) is 12.9. The van der Waals surface area contributed by atoms with E-state index >= 15 is 0 Å². The molecule has 0 atom stereocenters. The van der Waals surface area contributed by atoms with Crippen LogP contribution in [-0.4, -0.2) is 33.0 Å². The van der Waals surface area contributed by atoms with Gasteiger partial charge in [-0.15, -0.1) is 0 Å². The molecule has 0 aliphatic heterocycles. The van der Waals surface area contributed by atoms with E-state index in [9.17, 15) is 13.2 Å². The molecule has 0 radical (unpaired) electrons. The summed E-state index contributed by atoms with van der Waals surface area (Å²) in [6.07, 6.45) is 0. The summed E-state index contributed by atoms with van der Waals surface area (Å²) in [4.78, 5) is 17.0. The van der Waals surface area contributed by atoms with Crippen molar-refractivity contribution in [3.63, 3.8) is 0 Å². The number of hydrogen-bond acceptors (Lipinski definition) is 4. The molecular weight excluding hydrogens is 384 g/mol. The number of carbonyl (C=O) groups is 1. The standard InChI is InChI=1S/C15H15BrN2O4S/c1-18(22-2)23(20,21)12-9-7-11(8-10-12)17-15(19)13-5-3-4-6-14(13)16/h3-10H,1-2H3,(H,17,19). The van der Waals surface area contributed by atoms with Gasteiger partial charge in [0.05, 0.1) is 17.6 Å². The Morgan fingerprint density at radius 3 is 2.30 bits per heavy atom. The van der Waals surface area contributed by atoms with Crippen LogP contribution < -0.4 is 5.32 Å². The monoisotopic (exact) mass is 398 g/mol. The first-order valence-corrected chi connectivity index (χ1v) is 8.78. The van der Waals surface area contributed by atoms with E-state index in [0.717, 1.165) is 4.47 Å². The minimum absolute atomic E-state index is 0.0701. The Kier molecular flexibility index (Phi) is 5.53. The van der Waals surface area contributed by atoms with Crippen molar-refractivity contribution in [1.29, 1.82) is 0 Å². The fraction of sp³-hybridized carbons (Fsp3) is 0.133. The van der Waals surface area contributed by atoms with Crippen molar-refractivity contribution in [3.05, 3.63) is 58.6 Å². The van der Waals surface area contributed by atoms with E-state index in [0.29, 0.717) is 15.7 Å². The minimum Gasteiger partial charge on any atom is -0.322 e. The van der Waals surface area contributed by atoms with Gasteiger partial charge in [0.25, 0.3) is 15.9 Å². The van der Waals surface area contributed by atoms with Crippen LogP contribution in [0.25, 0.3) is 0 Å². The highest BCUT2D eigenvalue weighted by Crippen LogP contribution is 2.20. The van der Waals surface area contributed by atoms with E-state index in [4.69, 9.17) is 4.84 Å². The molecule has 6 nitrogen and oxygen atoms in total. The van der Waals surface area contributed by atoms with Gasteiger partial charge in [-0.2, -0.15) is 0 Å². The molecule has 1 N–H and O–H groups in total. The molecule has 2 aromatic rings. The van der Waals surface area contributed by atoms with E-state index in [1.165, 1.54) is 38.4 Å². The second-order valence-corrected chi connectivity index (χ2v) is 7.35. The fourth-order valence-corrected chi connectivity index (χ4v) is 3.24. The summed E-state index contributed by atoms with van der Waals surface area (Å²) in [7, 11) is -1.13. The fourth-order valence-electron chi connectivity index (χ4n) is 1.80. The van der Waals surface area contributed by atoms with Gasteiger partial charge in [0.15, 0.2) is 0 Å². The predicted molar refractivity (Wildman–Crippen MR) is 90.5 cm³/mol. The van der Waals surface area contributed by atoms with Crippen LogP contribution in [0.3, 0.4) is 0 Å². The lowest BCUT2D eigenvalue weighted by atomic mass is 10.2. The zero-order chi connectivity index (χ0) is 17.0. The van der Waals surface area contributed by atoms with Gasteiger partial charge in [-0.05, 0) is 52.3 Å². The van der Waals surface area contributed by atoms with Crippen molar-refractivity contribution in [2.45, 2.75) is 4.90 Å². The lowest BCUT2D eigenvalue weighted by Crippen LogP contribution is -2.25. The Labute approximate surface area is 143 Å². The van der Waals surface area contributed by atoms with Gasteiger partial charge in [-0.1, -0.05) is 16.6 Å². The third-order valence-corrected chi connectivity index (χ3v) is 5.51. The van der Waals surface area contributed by atoms with Gasteiger partial charge < -0.3 is 5.32 Å². The smallest absolute Gasteiger partial charge is 0.264 e. The molecule has 0 spiro atoms. The van der Waals surface area contributed by atoms with Gasteiger partial charge >= 0.3 is 0 Å². The number of anilines is 1. The molecule has 2 aromatic carbocycles. The molecule has 0 aliphatic carbocycles. The van der Waals surface area contributed by atoms with Gasteiger partial charge in [0.1, 0.15) is 0 Å². The molecule has 0 bridgehead atoms. The highest BCUT2D eigenvalue weighted by Gasteiger charge is 2.20. The third kappa shape index (κ3) is 3.97. The van der Waals surface area contributed by atoms with Crippen molar-refractivity contribution in [2.24, 2.45) is 0 Å². The lowest BCUT2D eigenvalue weighted by Gasteiger charge is -2.14. The summed E-state index contributed by atoms with van der Waals surface area (Å²) >= 11 is 3.31. The molecular formula is C15H15BrN2O4S. The molecule has 0 aliphatic rings. The van der Waals surface area contributed by atoms with Crippen LogP contribution in [0.15, 0.2) is 57.9 Å². The van der Waals surface area contributed by atoms with Crippen LogP contribution in [-0.2, 0) is 14.9 Å². The normalized spacial score (nSPS) is 11.5. The van der Waals surface area contributed by atoms with Crippen LogP contribution in [0.4, 0.5) is 5.69 Å². The number of benzene rings is 2. The van der Waals surface area contributed by atoms with Crippen molar-refractivity contribution >= 4 is 37.5 Å². The highest BCUT2D eigenvalue weighted by atomic mass is 79.9. The van der Waals surface area contributed by atoms with Crippen LogP contribution in [0.1, 0.15) is 10.4 Å². The Balaban J connectivity index is 2.18. The Hall–Kier alpha value is -1.74. The maximum atomic E-state index is 12.2. The first kappa shape index (κ1) is 17.6. The van der Waals surface area contributed by atoms with Crippen LogP contribution in [0.2, 0.25) is 0 Å². The summed E-state index contributed by atoms with van der Waals surface area (Å²) in [5.41, 5.74) is 0.980. The molecule has 0 unspecified atom stereocenters. The Morgan fingerprint density at radius 1 is 1.13 bits per heavy atom. The molecule has 0 saturated heterocycles. The maximum Gasteiger partial charge on any atom is 0.264 e. The maximum absolute atomic E-state index is 12.2. The minimum atomic E-state index is -3.70. The first-order chi connectivity index (χ1) is 10.9. The zero-order valence-corrected chi connectivity index (χ0v) is 14.9. The summed E-state index contributed by atoms with van der Waals surface area (Å²) in [6.45, 7) is 0. The second kappa shape index (κ2) is 7.22. The van der Waals surface area contributed by atoms with Gasteiger partial charge in [-0.3, -0.25) is 9.63 Å². The quantitative estimate of drug-likeness (QED) is 0.785. The molecule has 122 valence electrons. The lowest BCUT2D eigenvalue weighted by molar-refractivity contribution is -0.0258. The largest absolute Gasteiger partial charge is 0.322 e.